The highest BCUT2D eigenvalue weighted by molar-refractivity contribution is 5.97. The molecule has 1 heterocycles. The Morgan fingerprint density at radius 1 is 1.28 bits per heavy atom. The van der Waals surface area contributed by atoms with Gasteiger partial charge in [-0.25, -0.2) is 0 Å². The number of rotatable bonds is 8. The van der Waals surface area contributed by atoms with Crippen LogP contribution >= 0.6 is 0 Å². The number of amides is 3. The van der Waals surface area contributed by atoms with Crippen molar-refractivity contribution >= 4 is 17.7 Å². The molecule has 1 aliphatic heterocycles. The summed E-state index contributed by atoms with van der Waals surface area (Å²) in [7, 11) is 1.61. The van der Waals surface area contributed by atoms with E-state index in [1.165, 1.54) is 4.90 Å². The number of ether oxygens (including phenoxy) is 1. The second-order valence-corrected chi connectivity index (χ2v) is 5.72. The van der Waals surface area contributed by atoms with Crippen molar-refractivity contribution in [2.75, 3.05) is 46.4 Å². The largest absolute Gasteiger partial charge is 0.383 e. The second kappa shape index (κ2) is 9.75. The Kier molecular flexibility index (Phi) is 7.36. The van der Waals surface area contributed by atoms with Crippen molar-refractivity contribution in [3.8, 4) is 0 Å². The monoisotopic (exact) mass is 348 g/mol. The maximum absolute atomic E-state index is 12.4. The minimum atomic E-state index is -0.159. The van der Waals surface area contributed by atoms with E-state index in [0.29, 0.717) is 38.3 Å². The minimum Gasteiger partial charge on any atom is -0.383 e. The highest BCUT2D eigenvalue weighted by atomic mass is 16.5. The van der Waals surface area contributed by atoms with Gasteiger partial charge >= 0.3 is 0 Å². The van der Waals surface area contributed by atoms with Gasteiger partial charge in [0.15, 0.2) is 0 Å². The van der Waals surface area contributed by atoms with Crippen LogP contribution in [0.2, 0.25) is 0 Å². The first kappa shape index (κ1) is 18.9. The Bertz CT molecular complexity index is 603. The van der Waals surface area contributed by atoms with E-state index in [0.717, 1.165) is 5.56 Å². The van der Waals surface area contributed by atoms with Crippen LogP contribution in [0, 0.1) is 0 Å². The van der Waals surface area contributed by atoms with Crippen molar-refractivity contribution < 1.29 is 19.1 Å². The Labute approximate surface area is 146 Å². The van der Waals surface area contributed by atoms with E-state index in [2.05, 4.69) is 16.0 Å². The molecule has 3 N–H and O–H groups in total. The van der Waals surface area contributed by atoms with Crippen LogP contribution in [0.1, 0.15) is 15.9 Å². The molecule has 0 saturated carbocycles. The average molecular weight is 348 g/mol. The highest BCUT2D eigenvalue weighted by Gasteiger charge is 2.22. The predicted molar refractivity (Wildman–Crippen MR) is 91.9 cm³/mol. The summed E-state index contributed by atoms with van der Waals surface area (Å²) >= 11 is 0. The van der Waals surface area contributed by atoms with E-state index in [1.54, 1.807) is 31.4 Å². The fourth-order valence-electron chi connectivity index (χ4n) is 2.40. The summed E-state index contributed by atoms with van der Waals surface area (Å²) in [6.07, 6.45) is 0. The van der Waals surface area contributed by atoms with Crippen molar-refractivity contribution in [1.82, 2.24) is 20.9 Å². The molecule has 25 heavy (non-hydrogen) atoms. The van der Waals surface area contributed by atoms with Gasteiger partial charge in [0.2, 0.25) is 11.8 Å². The molecule has 0 spiro atoms. The minimum absolute atomic E-state index is 0.0900. The number of hydrogen-bond acceptors (Lipinski definition) is 5. The van der Waals surface area contributed by atoms with Gasteiger partial charge in [-0.05, 0) is 17.7 Å². The normalized spacial score (nSPS) is 14.1. The van der Waals surface area contributed by atoms with Crippen LogP contribution in [-0.4, -0.2) is 69.1 Å². The molecule has 1 aromatic rings. The standard InChI is InChI=1S/C17H24N4O4/c1-25-9-7-18-11-15(22)20-10-13-2-4-14(5-3-13)17(24)21-8-6-19-16(23)12-21/h2-5,18H,6-12H2,1H3,(H,19,23)(H,20,22). The predicted octanol–water partition coefficient (Wildman–Crippen LogP) is -0.889. The lowest BCUT2D eigenvalue weighted by Gasteiger charge is -2.26. The fourth-order valence-corrected chi connectivity index (χ4v) is 2.40. The van der Waals surface area contributed by atoms with Gasteiger partial charge < -0.3 is 25.6 Å². The van der Waals surface area contributed by atoms with Crippen LogP contribution in [0.4, 0.5) is 0 Å². The smallest absolute Gasteiger partial charge is 0.254 e. The zero-order valence-corrected chi connectivity index (χ0v) is 14.3. The lowest BCUT2D eigenvalue weighted by Crippen LogP contribution is -2.49. The van der Waals surface area contributed by atoms with E-state index in [9.17, 15) is 14.4 Å². The molecule has 1 aliphatic rings. The molecule has 136 valence electrons. The quantitative estimate of drug-likeness (QED) is 0.530. The lowest BCUT2D eigenvalue weighted by atomic mass is 10.1. The van der Waals surface area contributed by atoms with E-state index in [1.807, 2.05) is 0 Å². The Morgan fingerprint density at radius 3 is 2.72 bits per heavy atom. The zero-order valence-electron chi connectivity index (χ0n) is 14.3. The summed E-state index contributed by atoms with van der Waals surface area (Å²) in [5.74, 6) is -0.401. The Morgan fingerprint density at radius 2 is 2.04 bits per heavy atom. The second-order valence-electron chi connectivity index (χ2n) is 5.72. The lowest BCUT2D eigenvalue weighted by molar-refractivity contribution is -0.123. The molecular formula is C17H24N4O4. The fraction of sp³-hybridized carbons (Fsp3) is 0.471. The van der Waals surface area contributed by atoms with Gasteiger partial charge in [0.1, 0.15) is 0 Å². The molecule has 0 atom stereocenters. The number of carbonyl (C=O) groups is 3. The SMILES string of the molecule is COCCNCC(=O)NCc1ccc(C(=O)N2CCNC(=O)C2)cc1. The molecule has 0 radical (unpaired) electrons. The van der Waals surface area contributed by atoms with Crippen LogP contribution in [0.5, 0.6) is 0 Å². The first-order chi connectivity index (χ1) is 12.1. The van der Waals surface area contributed by atoms with Crippen molar-refractivity contribution in [1.29, 1.82) is 0 Å². The Balaban J connectivity index is 1.78. The molecule has 0 aromatic heterocycles. The van der Waals surface area contributed by atoms with Gasteiger partial charge in [0, 0.05) is 38.9 Å². The summed E-state index contributed by atoms with van der Waals surface area (Å²) in [5, 5.41) is 8.46. The van der Waals surface area contributed by atoms with Crippen molar-refractivity contribution in [3.63, 3.8) is 0 Å². The molecule has 1 saturated heterocycles. The summed E-state index contributed by atoms with van der Waals surface area (Å²) < 4.78 is 4.89. The molecular weight excluding hydrogens is 324 g/mol. The number of carbonyl (C=O) groups excluding carboxylic acids is 3. The average Bonchev–Trinajstić information content (AvgIpc) is 2.63. The van der Waals surface area contributed by atoms with Gasteiger partial charge in [-0.1, -0.05) is 12.1 Å². The number of nitrogens with zero attached hydrogens (tertiary/aromatic N) is 1. The number of nitrogens with one attached hydrogen (secondary N) is 3. The molecule has 0 aliphatic carbocycles. The third-order valence-electron chi connectivity index (χ3n) is 3.78. The van der Waals surface area contributed by atoms with Crippen LogP contribution in [0.15, 0.2) is 24.3 Å². The van der Waals surface area contributed by atoms with Crippen LogP contribution in [0.25, 0.3) is 0 Å². The number of methoxy groups -OCH3 is 1. The number of benzene rings is 1. The first-order valence-corrected chi connectivity index (χ1v) is 8.21. The van der Waals surface area contributed by atoms with Crippen molar-refractivity contribution in [3.05, 3.63) is 35.4 Å². The van der Waals surface area contributed by atoms with Crippen LogP contribution < -0.4 is 16.0 Å². The topological polar surface area (TPSA) is 99.8 Å². The number of hydrogen-bond donors (Lipinski definition) is 3. The molecule has 0 unspecified atom stereocenters. The summed E-state index contributed by atoms with van der Waals surface area (Å²) in [5.41, 5.74) is 1.43. The molecule has 1 fully saturated rings. The third kappa shape index (κ3) is 6.17. The zero-order chi connectivity index (χ0) is 18.1. The molecule has 8 nitrogen and oxygen atoms in total. The van der Waals surface area contributed by atoms with E-state index in [4.69, 9.17) is 4.74 Å². The van der Waals surface area contributed by atoms with Crippen LogP contribution in [-0.2, 0) is 20.9 Å². The summed E-state index contributed by atoms with van der Waals surface area (Å²) in [4.78, 5) is 36.9. The van der Waals surface area contributed by atoms with E-state index < -0.39 is 0 Å². The van der Waals surface area contributed by atoms with Gasteiger partial charge in [-0.3, -0.25) is 14.4 Å². The van der Waals surface area contributed by atoms with Crippen LogP contribution in [0.3, 0.4) is 0 Å². The van der Waals surface area contributed by atoms with Gasteiger partial charge in [0.05, 0.1) is 19.7 Å². The van der Waals surface area contributed by atoms with Gasteiger partial charge in [0.25, 0.3) is 5.91 Å². The maximum atomic E-state index is 12.4. The first-order valence-electron chi connectivity index (χ1n) is 8.21. The summed E-state index contributed by atoms with van der Waals surface area (Å²) in [6, 6.07) is 7.03. The van der Waals surface area contributed by atoms with E-state index in [-0.39, 0.29) is 30.8 Å². The van der Waals surface area contributed by atoms with Crippen molar-refractivity contribution in [2.24, 2.45) is 0 Å². The molecule has 0 bridgehead atoms. The summed E-state index contributed by atoms with van der Waals surface area (Å²) in [6.45, 7) is 2.89. The van der Waals surface area contributed by atoms with Crippen molar-refractivity contribution in [2.45, 2.75) is 6.54 Å². The van der Waals surface area contributed by atoms with E-state index >= 15 is 0 Å². The third-order valence-corrected chi connectivity index (χ3v) is 3.78. The Hall–Kier alpha value is -2.45. The molecule has 1 aromatic carbocycles. The molecule has 8 heteroatoms. The van der Waals surface area contributed by atoms with Gasteiger partial charge in [-0.2, -0.15) is 0 Å². The molecule has 3 amide bonds. The molecule has 2 rings (SSSR count). The maximum Gasteiger partial charge on any atom is 0.254 e. The highest BCUT2D eigenvalue weighted by Crippen LogP contribution is 2.09. The number of piperazine rings is 1. The van der Waals surface area contributed by atoms with Gasteiger partial charge in [-0.15, -0.1) is 0 Å².